The second kappa shape index (κ2) is 3.72. The van der Waals surface area contributed by atoms with Crippen LogP contribution in [-0.4, -0.2) is 16.6 Å². The van der Waals surface area contributed by atoms with Gasteiger partial charge in [0.15, 0.2) is 0 Å². The quantitative estimate of drug-likeness (QED) is 0.575. The second-order valence-electron chi connectivity index (χ2n) is 4.09. The zero-order valence-electron chi connectivity index (χ0n) is 8.02. The van der Waals surface area contributed by atoms with Gasteiger partial charge in [-0.05, 0) is 25.2 Å². The van der Waals surface area contributed by atoms with Crippen molar-refractivity contribution < 1.29 is 4.43 Å². The summed E-state index contributed by atoms with van der Waals surface area (Å²) in [6.45, 7) is 4.62. The van der Waals surface area contributed by atoms with Gasteiger partial charge in [-0.2, -0.15) is 0 Å². The fourth-order valence-corrected chi connectivity index (χ4v) is 2.62. The van der Waals surface area contributed by atoms with Gasteiger partial charge in [-0.15, -0.1) is 0 Å². The number of hydrogen-bond acceptors (Lipinski definition) is 1. The lowest BCUT2D eigenvalue weighted by atomic mass is 9.72. The Morgan fingerprint density at radius 3 is 2.27 bits per heavy atom. The third-order valence-electron chi connectivity index (χ3n) is 3.33. The molecule has 1 aliphatic carbocycles. The Morgan fingerprint density at radius 2 is 1.82 bits per heavy atom. The summed E-state index contributed by atoms with van der Waals surface area (Å²) in [5.74, 6) is 0. The molecule has 0 aliphatic heterocycles. The summed E-state index contributed by atoms with van der Waals surface area (Å²) in [6.07, 6.45) is 7.49. The first kappa shape index (κ1) is 9.27. The van der Waals surface area contributed by atoms with Gasteiger partial charge in [0.1, 0.15) is 10.5 Å². The molecule has 0 spiro atoms. The van der Waals surface area contributed by atoms with Crippen LogP contribution in [0.15, 0.2) is 0 Å². The van der Waals surface area contributed by atoms with Crippen LogP contribution in [0, 0.1) is 5.41 Å². The van der Waals surface area contributed by atoms with Gasteiger partial charge in [-0.3, -0.25) is 0 Å². The van der Waals surface area contributed by atoms with E-state index in [4.69, 9.17) is 4.43 Å². The van der Waals surface area contributed by atoms with Crippen molar-refractivity contribution in [2.24, 2.45) is 5.41 Å². The van der Waals surface area contributed by atoms with Gasteiger partial charge in [0.05, 0.1) is 0 Å². The molecule has 0 aromatic rings. The fourth-order valence-electron chi connectivity index (χ4n) is 2.05. The van der Waals surface area contributed by atoms with Gasteiger partial charge in [0, 0.05) is 6.10 Å². The first-order valence-electron chi connectivity index (χ1n) is 4.72. The van der Waals surface area contributed by atoms with Gasteiger partial charge in [0.2, 0.25) is 0 Å². The van der Waals surface area contributed by atoms with Crippen molar-refractivity contribution in [1.82, 2.24) is 0 Å². The molecule has 0 bridgehead atoms. The maximum absolute atomic E-state index is 5.53. The van der Waals surface area contributed by atoms with Gasteiger partial charge < -0.3 is 4.43 Å². The fraction of sp³-hybridized carbons (Fsp3) is 1.00. The Balaban J connectivity index is 2.49. The maximum atomic E-state index is 5.53. The molecule has 1 saturated carbocycles. The third kappa shape index (κ3) is 2.06. The van der Waals surface area contributed by atoms with Crippen molar-refractivity contribution in [1.29, 1.82) is 0 Å². The van der Waals surface area contributed by atoms with E-state index < -0.39 is 0 Å². The van der Waals surface area contributed by atoms with Gasteiger partial charge in [0.25, 0.3) is 0 Å². The van der Waals surface area contributed by atoms with Crippen LogP contribution < -0.4 is 0 Å². The van der Waals surface area contributed by atoms with Crippen molar-refractivity contribution in [2.75, 3.05) is 0 Å². The summed E-state index contributed by atoms with van der Waals surface area (Å²) in [5, 5.41) is 0. The summed E-state index contributed by atoms with van der Waals surface area (Å²) in [4.78, 5) is 0. The van der Waals surface area contributed by atoms with Crippen molar-refractivity contribution in [3.63, 3.8) is 0 Å². The topological polar surface area (TPSA) is 9.23 Å². The van der Waals surface area contributed by atoms with Crippen LogP contribution in [0.2, 0.25) is 0 Å². The molecular formula is C9H20OSi. The molecule has 1 rings (SSSR count). The highest BCUT2D eigenvalue weighted by atomic mass is 28.2. The largest absolute Gasteiger partial charge is 0.425 e. The van der Waals surface area contributed by atoms with Gasteiger partial charge in [-0.25, -0.2) is 0 Å². The number of hydrogen-bond donors (Lipinski definition) is 0. The molecule has 1 unspecified atom stereocenters. The Bertz CT molecular complexity index is 119. The molecule has 0 aromatic carbocycles. The van der Waals surface area contributed by atoms with E-state index in [9.17, 15) is 0 Å². The van der Waals surface area contributed by atoms with Crippen LogP contribution in [0.3, 0.4) is 0 Å². The summed E-state index contributed by atoms with van der Waals surface area (Å²) < 4.78 is 5.53. The van der Waals surface area contributed by atoms with E-state index >= 15 is 0 Å². The average Bonchev–Trinajstić information content (AvgIpc) is 2.04. The Hall–Kier alpha value is 0.177. The van der Waals surface area contributed by atoms with Crippen LogP contribution >= 0.6 is 0 Å². The normalized spacial score (nSPS) is 26.7. The molecule has 0 amide bonds. The standard InChI is InChI=1S/C9H20OSi/c1-8(10-11)9(2)6-4-3-5-7-9/h8H,3-7H2,1-2,11H3. The predicted octanol–water partition coefficient (Wildman–Crippen LogP) is 1.64. The lowest BCUT2D eigenvalue weighted by Crippen LogP contribution is -2.33. The molecule has 66 valence electrons. The molecule has 0 saturated heterocycles. The number of rotatable bonds is 2. The molecular weight excluding hydrogens is 152 g/mol. The highest BCUT2D eigenvalue weighted by molar-refractivity contribution is 5.98. The molecule has 1 fully saturated rings. The molecule has 0 radical (unpaired) electrons. The molecule has 0 aromatic heterocycles. The molecule has 1 aliphatic rings. The molecule has 0 heterocycles. The van der Waals surface area contributed by atoms with Crippen LogP contribution in [0.1, 0.15) is 46.0 Å². The summed E-state index contributed by atoms with van der Waals surface area (Å²) in [7, 11) is 0.889. The first-order chi connectivity index (χ1) is 5.19. The Morgan fingerprint density at radius 1 is 1.27 bits per heavy atom. The zero-order valence-corrected chi connectivity index (χ0v) is 10.0. The molecule has 1 atom stereocenters. The zero-order chi connectivity index (χ0) is 8.32. The maximum Gasteiger partial charge on any atom is 0.146 e. The van der Waals surface area contributed by atoms with Crippen molar-refractivity contribution in [2.45, 2.75) is 52.1 Å². The lowest BCUT2D eigenvalue weighted by molar-refractivity contribution is 0.0485. The smallest absolute Gasteiger partial charge is 0.146 e. The predicted molar refractivity (Wildman–Crippen MR) is 51.7 cm³/mol. The van der Waals surface area contributed by atoms with E-state index in [1.54, 1.807) is 0 Å². The second-order valence-corrected chi connectivity index (χ2v) is 4.56. The lowest BCUT2D eigenvalue weighted by Gasteiger charge is -2.38. The Kier molecular flexibility index (Phi) is 3.13. The van der Waals surface area contributed by atoms with Crippen LogP contribution in [0.25, 0.3) is 0 Å². The highest BCUT2D eigenvalue weighted by Crippen LogP contribution is 2.39. The Labute approximate surface area is 73.1 Å². The SMILES string of the molecule is CC(O[SiH3])C1(C)CCCCC1. The van der Waals surface area contributed by atoms with E-state index in [0.717, 1.165) is 10.5 Å². The minimum atomic E-state index is 0.495. The van der Waals surface area contributed by atoms with E-state index in [2.05, 4.69) is 13.8 Å². The molecule has 2 heteroatoms. The summed E-state index contributed by atoms with van der Waals surface area (Å²) in [5.41, 5.74) is 0.500. The highest BCUT2D eigenvalue weighted by Gasteiger charge is 2.32. The van der Waals surface area contributed by atoms with Crippen molar-refractivity contribution >= 4 is 10.5 Å². The summed E-state index contributed by atoms with van der Waals surface area (Å²) >= 11 is 0. The van der Waals surface area contributed by atoms with Crippen molar-refractivity contribution in [3.8, 4) is 0 Å². The van der Waals surface area contributed by atoms with E-state index in [-0.39, 0.29) is 0 Å². The van der Waals surface area contributed by atoms with Gasteiger partial charge >= 0.3 is 0 Å². The van der Waals surface area contributed by atoms with E-state index in [0.29, 0.717) is 11.5 Å². The molecule has 0 N–H and O–H groups in total. The summed E-state index contributed by atoms with van der Waals surface area (Å²) in [6, 6.07) is 0. The van der Waals surface area contributed by atoms with E-state index in [1.807, 2.05) is 0 Å². The van der Waals surface area contributed by atoms with E-state index in [1.165, 1.54) is 32.1 Å². The minimum absolute atomic E-state index is 0.495. The molecule has 1 nitrogen and oxygen atoms in total. The third-order valence-corrected chi connectivity index (χ3v) is 4.04. The van der Waals surface area contributed by atoms with Crippen LogP contribution in [0.5, 0.6) is 0 Å². The van der Waals surface area contributed by atoms with Crippen LogP contribution in [-0.2, 0) is 4.43 Å². The minimum Gasteiger partial charge on any atom is -0.425 e. The van der Waals surface area contributed by atoms with Crippen LogP contribution in [0.4, 0.5) is 0 Å². The molecule has 11 heavy (non-hydrogen) atoms. The average molecular weight is 172 g/mol. The first-order valence-corrected chi connectivity index (χ1v) is 5.53. The monoisotopic (exact) mass is 172 g/mol. The van der Waals surface area contributed by atoms with Gasteiger partial charge in [-0.1, -0.05) is 26.2 Å². The van der Waals surface area contributed by atoms with Crippen molar-refractivity contribution in [3.05, 3.63) is 0 Å².